The molecule has 1 aromatic carbocycles. The SMILES string of the molecule is CNC(CC1OCCc2ccccc21)c1ccncc1C. The van der Waals surface area contributed by atoms with Crippen LogP contribution < -0.4 is 5.32 Å². The average Bonchev–Trinajstić information content (AvgIpc) is 2.53. The van der Waals surface area contributed by atoms with Crippen molar-refractivity contribution in [1.29, 1.82) is 0 Å². The second-order valence-corrected chi connectivity index (χ2v) is 5.62. The molecule has 0 saturated carbocycles. The second kappa shape index (κ2) is 6.37. The number of benzene rings is 1. The smallest absolute Gasteiger partial charge is 0.0845 e. The molecule has 0 spiro atoms. The number of ether oxygens (including phenoxy) is 1. The topological polar surface area (TPSA) is 34.1 Å². The van der Waals surface area contributed by atoms with Gasteiger partial charge in [0.15, 0.2) is 0 Å². The van der Waals surface area contributed by atoms with Gasteiger partial charge in [-0.05, 0) is 55.1 Å². The van der Waals surface area contributed by atoms with Crippen molar-refractivity contribution in [2.45, 2.75) is 31.9 Å². The maximum Gasteiger partial charge on any atom is 0.0845 e. The summed E-state index contributed by atoms with van der Waals surface area (Å²) in [6, 6.07) is 11.0. The lowest BCUT2D eigenvalue weighted by Gasteiger charge is -2.30. The molecule has 21 heavy (non-hydrogen) atoms. The predicted molar refractivity (Wildman–Crippen MR) is 84.2 cm³/mol. The molecule has 0 bridgehead atoms. The Balaban J connectivity index is 1.84. The van der Waals surface area contributed by atoms with Gasteiger partial charge in [-0.1, -0.05) is 24.3 Å². The van der Waals surface area contributed by atoms with E-state index in [1.54, 1.807) is 0 Å². The van der Waals surface area contributed by atoms with Gasteiger partial charge in [0.2, 0.25) is 0 Å². The molecule has 2 atom stereocenters. The molecule has 0 amide bonds. The van der Waals surface area contributed by atoms with Crippen LogP contribution in [0.25, 0.3) is 0 Å². The molecule has 110 valence electrons. The summed E-state index contributed by atoms with van der Waals surface area (Å²) in [6.07, 6.45) is 5.92. The molecule has 0 fully saturated rings. The van der Waals surface area contributed by atoms with E-state index < -0.39 is 0 Å². The number of rotatable bonds is 4. The van der Waals surface area contributed by atoms with Crippen molar-refractivity contribution in [2.24, 2.45) is 0 Å². The predicted octanol–water partition coefficient (Wildman–Crippen LogP) is 3.35. The quantitative estimate of drug-likeness (QED) is 0.933. The fourth-order valence-corrected chi connectivity index (χ4v) is 3.16. The highest BCUT2D eigenvalue weighted by Crippen LogP contribution is 2.34. The number of fused-ring (bicyclic) bond motifs is 1. The lowest BCUT2D eigenvalue weighted by atomic mass is 9.90. The van der Waals surface area contributed by atoms with Gasteiger partial charge in [0, 0.05) is 18.4 Å². The summed E-state index contributed by atoms with van der Waals surface area (Å²) < 4.78 is 6.04. The molecule has 0 saturated heterocycles. The van der Waals surface area contributed by atoms with Crippen LogP contribution in [-0.4, -0.2) is 18.6 Å². The third-order valence-corrected chi connectivity index (χ3v) is 4.33. The van der Waals surface area contributed by atoms with E-state index in [1.165, 1.54) is 22.3 Å². The van der Waals surface area contributed by atoms with E-state index in [2.05, 4.69) is 47.6 Å². The molecule has 0 radical (unpaired) electrons. The maximum atomic E-state index is 6.04. The Bertz CT molecular complexity index is 612. The van der Waals surface area contributed by atoms with E-state index in [0.29, 0.717) is 0 Å². The summed E-state index contributed by atoms with van der Waals surface area (Å²) >= 11 is 0. The Labute approximate surface area is 126 Å². The summed E-state index contributed by atoms with van der Waals surface area (Å²) in [4.78, 5) is 4.19. The van der Waals surface area contributed by atoms with Gasteiger partial charge >= 0.3 is 0 Å². The Hall–Kier alpha value is -1.71. The standard InChI is InChI=1S/C18H22N2O/c1-13-12-20-9-7-15(13)17(19-2)11-18-16-6-4-3-5-14(16)8-10-21-18/h3-7,9,12,17-19H,8,10-11H2,1-2H3. The number of pyridine rings is 1. The van der Waals surface area contributed by atoms with Crippen LogP contribution in [-0.2, 0) is 11.2 Å². The number of nitrogens with one attached hydrogen (secondary N) is 1. The minimum absolute atomic E-state index is 0.167. The zero-order valence-electron chi connectivity index (χ0n) is 12.7. The van der Waals surface area contributed by atoms with E-state index in [4.69, 9.17) is 4.74 Å². The molecule has 2 aromatic rings. The Morgan fingerprint density at radius 1 is 1.33 bits per heavy atom. The van der Waals surface area contributed by atoms with Crippen LogP contribution in [0.15, 0.2) is 42.7 Å². The lowest BCUT2D eigenvalue weighted by Crippen LogP contribution is -2.24. The summed E-state index contributed by atoms with van der Waals surface area (Å²) in [7, 11) is 2.01. The zero-order chi connectivity index (χ0) is 14.7. The number of aryl methyl sites for hydroxylation is 1. The molecule has 3 heteroatoms. The molecular formula is C18H22N2O. The molecule has 1 N–H and O–H groups in total. The molecule has 0 aliphatic carbocycles. The highest BCUT2D eigenvalue weighted by atomic mass is 16.5. The average molecular weight is 282 g/mol. The van der Waals surface area contributed by atoms with Crippen LogP contribution in [0, 0.1) is 6.92 Å². The van der Waals surface area contributed by atoms with E-state index in [1.807, 2.05) is 19.4 Å². The Morgan fingerprint density at radius 2 is 2.19 bits per heavy atom. The van der Waals surface area contributed by atoms with Crippen molar-refractivity contribution in [3.05, 3.63) is 65.0 Å². The largest absolute Gasteiger partial charge is 0.373 e. The maximum absolute atomic E-state index is 6.04. The summed E-state index contributed by atoms with van der Waals surface area (Å²) in [6.45, 7) is 2.93. The summed E-state index contributed by atoms with van der Waals surface area (Å²) in [5.74, 6) is 0. The van der Waals surface area contributed by atoms with Gasteiger partial charge in [0.05, 0.1) is 12.7 Å². The van der Waals surface area contributed by atoms with E-state index in [0.717, 1.165) is 19.4 Å². The van der Waals surface area contributed by atoms with Gasteiger partial charge < -0.3 is 10.1 Å². The van der Waals surface area contributed by atoms with Crippen molar-refractivity contribution in [3.63, 3.8) is 0 Å². The molecule has 1 aliphatic rings. The van der Waals surface area contributed by atoms with E-state index in [-0.39, 0.29) is 12.1 Å². The third-order valence-electron chi connectivity index (χ3n) is 4.33. The third kappa shape index (κ3) is 2.99. The molecule has 3 rings (SSSR count). The lowest BCUT2D eigenvalue weighted by molar-refractivity contribution is 0.0298. The van der Waals surface area contributed by atoms with Crippen molar-refractivity contribution < 1.29 is 4.74 Å². The number of nitrogens with zero attached hydrogens (tertiary/aromatic N) is 1. The zero-order valence-corrected chi connectivity index (χ0v) is 12.7. The number of aromatic nitrogens is 1. The van der Waals surface area contributed by atoms with Gasteiger partial charge in [-0.2, -0.15) is 0 Å². The van der Waals surface area contributed by atoms with Gasteiger partial charge in [0.1, 0.15) is 0 Å². The second-order valence-electron chi connectivity index (χ2n) is 5.62. The van der Waals surface area contributed by atoms with E-state index >= 15 is 0 Å². The normalized spacial score (nSPS) is 19.0. The van der Waals surface area contributed by atoms with Crippen LogP contribution in [0.4, 0.5) is 0 Å². The number of hydrogen-bond donors (Lipinski definition) is 1. The first-order valence-electron chi connectivity index (χ1n) is 7.56. The van der Waals surface area contributed by atoms with Crippen LogP contribution in [0.3, 0.4) is 0 Å². The molecule has 1 aromatic heterocycles. The van der Waals surface area contributed by atoms with Crippen molar-refractivity contribution in [3.8, 4) is 0 Å². The minimum Gasteiger partial charge on any atom is -0.373 e. The monoisotopic (exact) mass is 282 g/mol. The molecule has 2 heterocycles. The highest BCUT2D eigenvalue weighted by molar-refractivity contribution is 5.32. The molecule has 2 unspecified atom stereocenters. The minimum atomic E-state index is 0.167. The fraction of sp³-hybridized carbons (Fsp3) is 0.389. The first-order chi connectivity index (χ1) is 10.3. The van der Waals surface area contributed by atoms with Crippen LogP contribution >= 0.6 is 0 Å². The van der Waals surface area contributed by atoms with Crippen LogP contribution in [0.1, 0.15) is 40.8 Å². The van der Waals surface area contributed by atoms with Crippen molar-refractivity contribution in [2.75, 3.05) is 13.7 Å². The van der Waals surface area contributed by atoms with Crippen molar-refractivity contribution in [1.82, 2.24) is 10.3 Å². The van der Waals surface area contributed by atoms with Crippen LogP contribution in [0.5, 0.6) is 0 Å². The Kier molecular flexibility index (Phi) is 4.32. The first kappa shape index (κ1) is 14.2. The highest BCUT2D eigenvalue weighted by Gasteiger charge is 2.24. The van der Waals surface area contributed by atoms with Gasteiger partial charge in [0.25, 0.3) is 0 Å². The van der Waals surface area contributed by atoms with Crippen LogP contribution in [0.2, 0.25) is 0 Å². The summed E-state index contributed by atoms with van der Waals surface area (Å²) in [5, 5.41) is 3.43. The van der Waals surface area contributed by atoms with Crippen molar-refractivity contribution >= 4 is 0 Å². The van der Waals surface area contributed by atoms with Gasteiger partial charge in [-0.15, -0.1) is 0 Å². The first-order valence-corrected chi connectivity index (χ1v) is 7.56. The van der Waals surface area contributed by atoms with Gasteiger partial charge in [-0.25, -0.2) is 0 Å². The molecule has 3 nitrogen and oxygen atoms in total. The van der Waals surface area contributed by atoms with E-state index in [9.17, 15) is 0 Å². The molecular weight excluding hydrogens is 260 g/mol. The number of hydrogen-bond acceptors (Lipinski definition) is 3. The summed E-state index contributed by atoms with van der Waals surface area (Å²) in [5.41, 5.74) is 5.30. The Morgan fingerprint density at radius 3 is 3.00 bits per heavy atom. The fourth-order valence-electron chi connectivity index (χ4n) is 3.16. The molecule has 1 aliphatic heterocycles. The van der Waals surface area contributed by atoms with Gasteiger partial charge in [-0.3, -0.25) is 4.98 Å².